The summed E-state index contributed by atoms with van der Waals surface area (Å²) in [4.78, 5) is 28.6. The van der Waals surface area contributed by atoms with Crippen molar-refractivity contribution in [2.75, 3.05) is 13.6 Å². The number of furan rings is 1. The van der Waals surface area contributed by atoms with E-state index in [1.165, 1.54) is 0 Å². The molecule has 2 heterocycles. The van der Waals surface area contributed by atoms with Crippen LogP contribution in [0.4, 0.5) is 0 Å². The van der Waals surface area contributed by atoms with Gasteiger partial charge >= 0.3 is 0 Å². The first-order chi connectivity index (χ1) is 11.1. The normalized spacial score (nSPS) is 17.0. The molecule has 1 atom stereocenters. The zero-order chi connectivity index (χ0) is 16.4. The Morgan fingerprint density at radius 3 is 2.78 bits per heavy atom. The second kappa shape index (κ2) is 6.28. The zero-order valence-corrected chi connectivity index (χ0v) is 13.4. The van der Waals surface area contributed by atoms with Gasteiger partial charge in [0.15, 0.2) is 0 Å². The van der Waals surface area contributed by atoms with Gasteiger partial charge in [-0.05, 0) is 30.2 Å². The average molecular weight is 312 g/mol. The van der Waals surface area contributed by atoms with Crippen LogP contribution in [0.15, 0.2) is 47.1 Å². The molecular formula is C18H20N2O3. The van der Waals surface area contributed by atoms with Crippen LogP contribution in [0.1, 0.15) is 29.9 Å². The third-order valence-electron chi connectivity index (χ3n) is 4.25. The summed E-state index contributed by atoms with van der Waals surface area (Å²) in [5, 5.41) is 0. The molecule has 0 bridgehead atoms. The highest BCUT2D eigenvalue weighted by molar-refractivity contribution is 5.92. The quantitative estimate of drug-likeness (QED) is 0.871. The van der Waals surface area contributed by atoms with Gasteiger partial charge in [-0.2, -0.15) is 0 Å². The third kappa shape index (κ3) is 2.86. The summed E-state index contributed by atoms with van der Waals surface area (Å²) in [6.07, 6.45) is 1.95. The van der Waals surface area contributed by atoms with Gasteiger partial charge in [-0.3, -0.25) is 9.59 Å². The fraction of sp³-hybridized carbons (Fsp3) is 0.333. The number of carbonyl (C=O) groups is 2. The Labute approximate surface area is 135 Å². The number of likely N-dealkylation sites (N-methyl/N-ethyl adjacent to an activating group) is 2. The summed E-state index contributed by atoms with van der Waals surface area (Å²) in [5.41, 5.74) is 1.86. The van der Waals surface area contributed by atoms with Crippen LogP contribution in [0.3, 0.4) is 0 Å². The van der Waals surface area contributed by atoms with Crippen LogP contribution in [0.5, 0.6) is 0 Å². The Morgan fingerprint density at radius 1 is 1.30 bits per heavy atom. The lowest BCUT2D eigenvalue weighted by Gasteiger charge is -2.37. The minimum Gasteiger partial charge on any atom is -0.467 e. The van der Waals surface area contributed by atoms with Crippen LogP contribution in [0.2, 0.25) is 0 Å². The van der Waals surface area contributed by atoms with Crippen molar-refractivity contribution in [1.82, 2.24) is 9.80 Å². The molecule has 0 aliphatic carbocycles. The van der Waals surface area contributed by atoms with Crippen LogP contribution in [0, 0.1) is 0 Å². The van der Waals surface area contributed by atoms with Crippen molar-refractivity contribution >= 4 is 11.8 Å². The number of amides is 2. The van der Waals surface area contributed by atoms with Crippen molar-refractivity contribution < 1.29 is 14.0 Å². The number of fused-ring (bicyclic) bond motifs is 1. The Kier molecular flexibility index (Phi) is 4.19. The number of rotatable bonds is 4. The monoisotopic (exact) mass is 312 g/mol. The second-order valence-corrected chi connectivity index (χ2v) is 5.73. The smallest absolute Gasteiger partial charge is 0.250 e. The lowest BCUT2D eigenvalue weighted by Crippen LogP contribution is -2.47. The van der Waals surface area contributed by atoms with Crippen LogP contribution in [-0.4, -0.2) is 35.2 Å². The summed E-state index contributed by atoms with van der Waals surface area (Å²) in [6.45, 7) is 2.80. The minimum atomic E-state index is -0.558. The first kappa shape index (κ1) is 15.3. The van der Waals surface area contributed by atoms with Gasteiger partial charge in [0.25, 0.3) is 0 Å². The van der Waals surface area contributed by atoms with Crippen molar-refractivity contribution in [3.05, 3.63) is 59.5 Å². The number of hydrogen-bond donors (Lipinski definition) is 0. The van der Waals surface area contributed by atoms with Gasteiger partial charge in [-0.1, -0.05) is 24.3 Å². The maximum Gasteiger partial charge on any atom is 0.250 e. The van der Waals surface area contributed by atoms with E-state index in [2.05, 4.69) is 0 Å². The van der Waals surface area contributed by atoms with Gasteiger partial charge < -0.3 is 14.2 Å². The Morgan fingerprint density at radius 2 is 2.09 bits per heavy atom. The molecule has 0 fully saturated rings. The van der Waals surface area contributed by atoms with E-state index in [0.29, 0.717) is 19.5 Å². The maximum atomic E-state index is 13.0. The first-order valence-corrected chi connectivity index (χ1v) is 7.76. The molecule has 0 radical (unpaired) electrons. The fourth-order valence-corrected chi connectivity index (χ4v) is 3.09. The summed E-state index contributed by atoms with van der Waals surface area (Å²) in [6, 6.07) is 10.8. The van der Waals surface area contributed by atoms with Crippen LogP contribution in [0.25, 0.3) is 0 Å². The van der Waals surface area contributed by atoms with E-state index in [4.69, 9.17) is 4.42 Å². The molecule has 0 N–H and O–H groups in total. The van der Waals surface area contributed by atoms with E-state index in [0.717, 1.165) is 16.9 Å². The van der Waals surface area contributed by atoms with Crippen LogP contribution < -0.4 is 0 Å². The van der Waals surface area contributed by atoms with Gasteiger partial charge in [0.05, 0.1) is 19.2 Å². The number of nitrogens with zero attached hydrogens (tertiary/aromatic N) is 2. The third-order valence-corrected chi connectivity index (χ3v) is 4.25. The van der Waals surface area contributed by atoms with Gasteiger partial charge in [-0.15, -0.1) is 0 Å². The van der Waals surface area contributed by atoms with Crippen LogP contribution in [-0.2, 0) is 22.6 Å². The summed E-state index contributed by atoms with van der Waals surface area (Å²) < 4.78 is 5.31. The predicted octanol–water partition coefficient (Wildman–Crippen LogP) is 2.38. The largest absolute Gasteiger partial charge is 0.467 e. The molecule has 1 aromatic carbocycles. The molecule has 5 heteroatoms. The Bertz CT molecular complexity index is 709. The van der Waals surface area contributed by atoms with E-state index >= 15 is 0 Å². The molecular weight excluding hydrogens is 292 g/mol. The molecule has 3 rings (SSSR count). The van der Waals surface area contributed by atoms with E-state index in [-0.39, 0.29) is 11.8 Å². The lowest BCUT2D eigenvalue weighted by molar-refractivity contribution is -0.146. The van der Waals surface area contributed by atoms with E-state index in [1.54, 1.807) is 29.2 Å². The van der Waals surface area contributed by atoms with E-state index in [1.807, 2.05) is 37.3 Å². The molecule has 2 aromatic rings. The number of benzene rings is 1. The molecule has 2 amide bonds. The van der Waals surface area contributed by atoms with Gasteiger partial charge in [0, 0.05) is 13.6 Å². The predicted molar refractivity (Wildman–Crippen MR) is 85.5 cm³/mol. The Hall–Kier alpha value is -2.56. The number of hydrogen-bond acceptors (Lipinski definition) is 3. The summed E-state index contributed by atoms with van der Waals surface area (Å²) in [7, 11) is 1.74. The molecule has 0 saturated heterocycles. The van der Waals surface area contributed by atoms with Gasteiger partial charge in [0.1, 0.15) is 11.8 Å². The first-order valence-electron chi connectivity index (χ1n) is 7.76. The topological polar surface area (TPSA) is 53.8 Å². The van der Waals surface area contributed by atoms with Gasteiger partial charge in [-0.25, -0.2) is 0 Å². The molecule has 1 aromatic heterocycles. The minimum absolute atomic E-state index is 0.00375. The number of carbonyl (C=O) groups excluding carboxylic acids is 2. The van der Waals surface area contributed by atoms with Crippen molar-refractivity contribution in [2.45, 2.75) is 25.9 Å². The van der Waals surface area contributed by atoms with Crippen LogP contribution >= 0.6 is 0 Å². The van der Waals surface area contributed by atoms with Crippen molar-refractivity contribution in [1.29, 1.82) is 0 Å². The van der Waals surface area contributed by atoms with Crippen molar-refractivity contribution in [3.8, 4) is 0 Å². The van der Waals surface area contributed by atoms with E-state index in [9.17, 15) is 9.59 Å². The summed E-state index contributed by atoms with van der Waals surface area (Å²) >= 11 is 0. The molecule has 23 heavy (non-hydrogen) atoms. The highest BCUT2D eigenvalue weighted by Crippen LogP contribution is 2.31. The molecule has 120 valence electrons. The van der Waals surface area contributed by atoms with E-state index < -0.39 is 6.04 Å². The van der Waals surface area contributed by atoms with Gasteiger partial charge in [0.2, 0.25) is 11.8 Å². The standard InChI is InChI=1S/C18H20N2O3/c1-3-20-16(21)11-13-7-4-5-9-15(13)17(20)18(22)19(2)12-14-8-6-10-23-14/h4-10,17H,3,11-12H2,1-2H3. The van der Waals surface area contributed by atoms with Crippen molar-refractivity contribution in [2.24, 2.45) is 0 Å². The maximum absolute atomic E-state index is 13.0. The average Bonchev–Trinajstić information content (AvgIpc) is 3.05. The van der Waals surface area contributed by atoms with Crippen molar-refractivity contribution in [3.63, 3.8) is 0 Å². The SMILES string of the molecule is CCN1C(=O)Cc2ccccc2C1C(=O)N(C)Cc1ccco1. The molecule has 1 aliphatic rings. The molecule has 1 aliphatic heterocycles. The molecule has 1 unspecified atom stereocenters. The Balaban J connectivity index is 1.91. The summed E-state index contributed by atoms with van der Waals surface area (Å²) in [5.74, 6) is 0.624. The lowest BCUT2D eigenvalue weighted by atomic mass is 9.91. The highest BCUT2D eigenvalue weighted by Gasteiger charge is 2.37. The molecule has 5 nitrogen and oxygen atoms in total. The molecule has 0 saturated carbocycles. The zero-order valence-electron chi connectivity index (χ0n) is 13.4. The second-order valence-electron chi connectivity index (χ2n) is 5.73. The molecule has 0 spiro atoms. The fourth-order valence-electron chi connectivity index (χ4n) is 3.09. The highest BCUT2D eigenvalue weighted by atomic mass is 16.3.